The highest BCUT2D eigenvalue weighted by Gasteiger charge is 2.17. The lowest BCUT2D eigenvalue weighted by Gasteiger charge is -2.15. The average molecular weight is 336 g/mol. The summed E-state index contributed by atoms with van der Waals surface area (Å²) in [6, 6.07) is 5.99. The van der Waals surface area contributed by atoms with Crippen LogP contribution in [-0.2, 0) is 11.3 Å². The van der Waals surface area contributed by atoms with Crippen LogP contribution >= 0.6 is 0 Å². The Labute approximate surface area is 138 Å². The molecule has 0 saturated heterocycles. The Morgan fingerprint density at radius 2 is 1.79 bits per heavy atom. The summed E-state index contributed by atoms with van der Waals surface area (Å²) in [5.41, 5.74) is 0. The quantitative estimate of drug-likeness (QED) is 0.809. The second kappa shape index (κ2) is 8.04. The van der Waals surface area contributed by atoms with E-state index in [0.717, 1.165) is 0 Å². The van der Waals surface area contributed by atoms with Crippen molar-refractivity contribution in [3.8, 4) is 17.8 Å². The van der Waals surface area contributed by atoms with Gasteiger partial charge in [0.05, 0.1) is 20.8 Å². The Morgan fingerprint density at radius 1 is 1.17 bits per heavy atom. The summed E-state index contributed by atoms with van der Waals surface area (Å²) in [7, 11) is 2.81. The largest absolute Gasteiger partial charge is 0.478 e. The van der Waals surface area contributed by atoms with E-state index >= 15 is 0 Å². The van der Waals surface area contributed by atoms with Crippen LogP contribution in [0.25, 0.3) is 0 Å². The van der Waals surface area contributed by atoms with Crippen molar-refractivity contribution in [3.63, 3.8) is 0 Å². The van der Waals surface area contributed by atoms with Crippen molar-refractivity contribution in [2.75, 3.05) is 14.2 Å². The van der Waals surface area contributed by atoms with Crippen molar-refractivity contribution in [2.24, 2.45) is 0 Å². The predicted molar refractivity (Wildman–Crippen MR) is 81.3 cm³/mol. The Hall–Kier alpha value is -2.97. The number of carbonyl (C=O) groups excluding carboxylic acids is 1. The Kier molecular flexibility index (Phi) is 5.83. The maximum atomic E-state index is 13.5. The van der Waals surface area contributed by atoms with Crippen LogP contribution in [0.3, 0.4) is 0 Å². The second-order valence-corrected chi connectivity index (χ2v) is 4.63. The molecular formula is C15H17FN4O4. The fraction of sp³-hybridized carbons (Fsp3) is 0.333. The molecule has 0 radical (unpaired) electrons. The summed E-state index contributed by atoms with van der Waals surface area (Å²) in [5.74, 6) is -0.727. The molecular weight excluding hydrogens is 319 g/mol. The molecule has 1 atom stereocenters. The third kappa shape index (κ3) is 4.51. The molecule has 0 spiro atoms. The third-order valence-corrected chi connectivity index (χ3v) is 2.94. The van der Waals surface area contributed by atoms with Crippen LogP contribution in [0, 0.1) is 5.82 Å². The van der Waals surface area contributed by atoms with Crippen molar-refractivity contribution < 1.29 is 23.4 Å². The molecule has 1 N–H and O–H groups in total. The molecule has 1 heterocycles. The molecule has 2 rings (SSSR count). The first-order valence-electron chi connectivity index (χ1n) is 7.05. The highest BCUT2D eigenvalue weighted by atomic mass is 19.1. The molecule has 0 aliphatic heterocycles. The predicted octanol–water partition coefficient (Wildman–Crippen LogP) is 1.11. The lowest BCUT2D eigenvalue weighted by molar-refractivity contribution is -0.127. The van der Waals surface area contributed by atoms with Crippen molar-refractivity contribution in [3.05, 3.63) is 35.9 Å². The lowest BCUT2D eigenvalue weighted by Crippen LogP contribution is -2.36. The van der Waals surface area contributed by atoms with Gasteiger partial charge in [-0.25, -0.2) is 4.39 Å². The fourth-order valence-electron chi connectivity index (χ4n) is 1.73. The number of nitrogens with one attached hydrogen (secondary N) is 1. The molecule has 2 aromatic rings. The lowest BCUT2D eigenvalue weighted by atomic mass is 10.3. The van der Waals surface area contributed by atoms with E-state index in [2.05, 4.69) is 20.3 Å². The van der Waals surface area contributed by atoms with Gasteiger partial charge in [-0.3, -0.25) is 4.79 Å². The molecule has 128 valence electrons. The van der Waals surface area contributed by atoms with Crippen LogP contribution in [0.5, 0.6) is 17.8 Å². The number of carbonyl (C=O) groups is 1. The monoisotopic (exact) mass is 336 g/mol. The third-order valence-electron chi connectivity index (χ3n) is 2.94. The first kappa shape index (κ1) is 17.4. The van der Waals surface area contributed by atoms with Gasteiger partial charge in [-0.2, -0.15) is 9.97 Å². The standard InChI is InChI=1S/C15H17FN4O4/c1-9(24-11-7-5-4-6-10(11)16)13(21)17-8-12-18-14(22-2)20-15(19-12)23-3/h4-7,9H,8H2,1-3H3,(H,17,21)/t9-/m1/s1. The van der Waals surface area contributed by atoms with Gasteiger partial charge >= 0.3 is 12.0 Å². The molecule has 1 aromatic heterocycles. The zero-order valence-corrected chi connectivity index (χ0v) is 13.4. The van der Waals surface area contributed by atoms with Crippen molar-refractivity contribution >= 4 is 5.91 Å². The molecule has 0 aliphatic rings. The number of methoxy groups -OCH3 is 2. The topological polar surface area (TPSA) is 95.5 Å². The summed E-state index contributed by atoms with van der Waals surface area (Å²) in [6.45, 7) is 1.52. The minimum Gasteiger partial charge on any atom is -0.478 e. The second-order valence-electron chi connectivity index (χ2n) is 4.63. The molecule has 0 fully saturated rings. The highest BCUT2D eigenvalue weighted by Crippen LogP contribution is 2.17. The zero-order valence-electron chi connectivity index (χ0n) is 13.4. The number of halogens is 1. The molecule has 8 nitrogen and oxygen atoms in total. The van der Waals surface area contributed by atoms with E-state index in [-0.39, 0.29) is 30.1 Å². The van der Waals surface area contributed by atoms with Crippen LogP contribution in [-0.4, -0.2) is 41.2 Å². The summed E-state index contributed by atoms with van der Waals surface area (Å²) in [4.78, 5) is 23.9. The minimum atomic E-state index is -0.896. The van der Waals surface area contributed by atoms with Gasteiger partial charge < -0.3 is 19.5 Å². The van der Waals surface area contributed by atoms with E-state index in [0.29, 0.717) is 0 Å². The van der Waals surface area contributed by atoms with Crippen LogP contribution in [0.4, 0.5) is 4.39 Å². The Balaban J connectivity index is 1.96. The summed E-state index contributed by atoms with van der Waals surface area (Å²) in [6.07, 6.45) is -0.896. The van der Waals surface area contributed by atoms with Crippen molar-refractivity contribution in [2.45, 2.75) is 19.6 Å². The molecule has 0 unspecified atom stereocenters. The molecule has 0 bridgehead atoms. The van der Waals surface area contributed by atoms with Crippen molar-refractivity contribution in [1.82, 2.24) is 20.3 Å². The van der Waals surface area contributed by atoms with Gasteiger partial charge in [0.15, 0.2) is 23.5 Å². The summed E-state index contributed by atoms with van der Waals surface area (Å²) in [5, 5.41) is 2.59. The van der Waals surface area contributed by atoms with Gasteiger partial charge in [0.2, 0.25) is 0 Å². The van der Waals surface area contributed by atoms with Crippen LogP contribution in [0.1, 0.15) is 12.7 Å². The minimum absolute atomic E-state index is 0.00338. The number of benzene rings is 1. The molecule has 1 aromatic carbocycles. The molecule has 0 saturated carbocycles. The molecule has 1 amide bonds. The summed E-state index contributed by atoms with van der Waals surface area (Å²) < 4.78 is 28.7. The van der Waals surface area contributed by atoms with E-state index in [1.54, 1.807) is 6.07 Å². The van der Waals surface area contributed by atoms with Gasteiger partial charge in [0.25, 0.3) is 5.91 Å². The molecule has 0 aliphatic carbocycles. The smallest absolute Gasteiger partial charge is 0.322 e. The number of ether oxygens (including phenoxy) is 3. The zero-order chi connectivity index (χ0) is 17.5. The maximum Gasteiger partial charge on any atom is 0.322 e. The van der Waals surface area contributed by atoms with Gasteiger partial charge in [0.1, 0.15) is 0 Å². The van der Waals surface area contributed by atoms with Crippen LogP contribution in [0.15, 0.2) is 24.3 Å². The SMILES string of the molecule is COc1nc(CNC(=O)[C@@H](C)Oc2ccccc2F)nc(OC)n1. The number of aromatic nitrogens is 3. The van der Waals surface area contributed by atoms with Crippen LogP contribution < -0.4 is 19.5 Å². The van der Waals surface area contributed by atoms with Gasteiger partial charge in [-0.1, -0.05) is 12.1 Å². The van der Waals surface area contributed by atoms with Crippen LogP contribution in [0.2, 0.25) is 0 Å². The maximum absolute atomic E-state index is 13.5. The van der Waals surface area contributed by atoms with Crippen molar-refractivity contribution in [1.29, 1.82) is 0 Å². The summed E-state index contributed by atoms with van der Waals surface area (Å²) >= 11 is 0. The molecule has 24 heavy (non-hydrogen) atoms. The Morgan fingerprint density at radius 3 is 2.38 bits per heavy atom. The number of amides is 1. The average Bonchev–Trinajstić information content (AvgIpc) is 2.61. The number of hydrogen-bond acceptors (Lipinski definition) is 7. The molecule has 9 heteroatoms. The van der Waals surface area contributed by atoms with Gasteiger partial charge in [-0.05, 0) is 19.1 Å². The first-order valence-corrected chi connectivity index (χ1v) is 7.05. The van der Waals surface area contributed by atoms with Gasteiger partial charge in [0, 0.05) is 0 Å². The number of para-hydroxylation sites is 1. The van der Waals surface area contributed by atoms with E-state index in [1.807, 2.05) is 0 Å². The highest BCUT2D eigenvalue weighted by molar-refractivity contribution is 5.80. The number of rotatable bonds is 7. The van der Waals surface area contributed by atoms with E-state index in [9.17, 15) is 9.18 Å². The normalized spacial score (nSPS) is 11.5. The number of hydrogen-bond donors (Lipinski definition) is 1. The van der Waals surface area contributed by atoms with E-state index in [4.69, 9.17) is 14.2 Å². The number of nitrogens with zero attached hydrogens (tertiary/aromatic N) is 3. The van der Waals surface area contributed by atoms with Gasteiger partial charge in [-0.15, -0.1) is 4.98 Å². The van der Waals surface area contributed by atoms with E-state index < -0.39 is 17.8 Å². The Bertz CT molecular complexity index is 691. The van der Waals surface area contributed by atoms with E-state index in [1.165, 1.54) is 39.3 Å². The fourth-order valence-corrected chi connectivity index (χ4v) is 1.73. The first-order chi connectivity index (χ1) is 11.5.